The van der Waals surface area contributed by atoms with Crippen LogP contribution in [0.3, 0.4) is 0 Å². The van der Waals surface area contributed by atoms with E-state index >= 15 is 0 Å². The molecule has 0 spiro atoms. The SMILES string of the molecule is CC(C)c1nn(-c2cc(O[C@@H](C)C(F)(F)F)c(C(=O)OC(C)(C)C)cc2F)c(=O)n1C. The zero-order valence-corrected chi connectivity index (χ0v) is 18.3. The summed E-state index contributed by atoms with van der Waals surface area (Å²) in [6.45, 7) is 8.94. The lowest BCUT2D eigenvalue weighted by Crippen LogP contribution is -2.32. The second kappa shape index (κ2) is 8.35. The Morgan fingerprint density at radius 3 is 2.16 bits per heavy atom. The fraction of sp³-hybridized carbons (Fsp3) is 0.550. The number of benzene rings is 1. The normalized spacial score (nSPS) is 13.4. The van der Waals surface area contributed by atoms with Crippen molar-refractivity contribution in [1.29, 1.82) is 0 Å². The monoisotopic (exact) mass is 447 g/mol. The molecule has 7 nitrogen and oxygen atoms in total. The standard InChI is InChI=1S/C20H25F4N3O4/c1-10(2)16-25-27(18(29)26(16)7)14-9-15(30-11(3)20(22,23)24)12(8-13(14)21)17(28)31-19(4,5)6/h8-11H,1-7H3/t11-/m0/s1. The quantitative estimate of drug-likeness (QED) is 0.509. The van der Waals surface area contributed by atoms with Gasteiger partial charge in [0.15, 0.2) is 6.10 Å². The van der Waals surface area contributed by atoms with Gasteiger partial charge in [-0.15, -0.1) is 5.10 Å². The van der Waals surface area contributed by atoms with Crippen molar-refractivity contribution in [3.8, 4) is 11.4 Å². The van der Waals surface area contributed by atoms with E-state index in [4.69, 9.17) is 9.47 Å². The van der Waals surface area contributed by atoms with E-state index in [1.54, 1.807) is 34.6 Å². The summed E-state index contributed by atoms with van der Waals surface area (Å²) in [5, 5.41) is 4.08. The number of nitrogens with zero attached hydrogens (tertiary/aromatic N) is 3. The minimum Gasteiger partial charge on any atom is -0.480 e. The van der Waals surface area contributed by atoms with Gasteiger partial charge in [0.25, 0.3) is 0 Å². The van der Waals surface area contributed by atoms with Crippen LogP contribution in [0, 0.1) is 5.82 Å². The first kappa shape index (κ1) is 24.4. The maximum Gasteiger partial charge on any atom is 0.425 e. The van der Waals surface area contributed by atoms with Gasteiger partial charge in [-0.2, -0.15) is 17.9 Å². The number of esters is 1. The Balaban J connectivity index is 2.68. The molecular weight excluding hydrogens is 422 g/mol. The predicted octanol–water partition coefficient (Wildman–Crippen LogP) is 4.12. The Bertz CT molecular complexity index is 1030. The summed E-state index contributed by atoms with van der Waals surface area (Å²) < 4.78 is 66.1. The van der Waals surface area contributed by atoms with Gasteiger partial charge in [-0.25, -0.2) is 14.0 Å². The highest BCUT2D eigenvalue weighted by Crippen LogP contribution is 2.31. The zero-order chi connectivity index (χ0) is 23.9. The van der Waals surface area contributed by atoms with Crippen molar-refractivity contribution in [2.45, 2.75) is 65.3 Å². The third-order valence-corrected chi connectivity index (χ3v) is 4.19. The Morgan fingerprint density at radius 1 is 1.13 bits per heavy atom. The van der Waals surface area contributed by atoms with E-state index in [1.807, 2.05) is 0 Å². The average molecular weight is 447 g/mol. The Morgan fingerprint density at radius 2 is 1.71 bits per heavy atom. The number of alkyl halides is 3. The number of rotatable bonds is 5. The van der Waals surface area contributed by atoms with Gasteiger partial charge in [-0.3, -0.25) is 4.57 Å². The molecular formula is C20H25F4N3O4. The lowest BCUT2D eigenvalue weighted by atomic mass is 10.1. The van der Waals surface area contributed by atoms with Crippen molar-refractivity contribution >= 4 is 5.97 Å². The van der Waals surface area contributed by atoms with E-state index in [1.165, 1.54) is 11.6 Å². The van der Waals surface area contributed by atoms with E-state index in [9.17, 15) is 27.2 Å². The predicted molar refractivity (Wildman–Crippen MR) is 104 cm³/mol. The second-order valence-electron chi connectivity index (χ2n) is 8.37. The summed E-state index contributed by atoms with van der Waals surface area (Å²) in [4.78, 5) is 25.0. The lowest BCUT2D eigenvalue weighted by molar-refractivity contribution is -0.189. The van der Waals surface area contributed by atoms with Crippen LogP contribution in [-0.2, 0) is 11.8 Å². The molecule has 0 unspecified atom stereocenters. The maximum absolute atomic E-state index is 14.9. The van der Waals surface area contributed by atoms with E-state index in [2.05, 4.69) is 5.10 Å². The molecule has 0 saturated heterocycles. The fourth-order valence-corrected chi connectivity index (χ4v) is 2.66. The minimum atomic E-state index is -4.74. The molecule has 1 heterocycles. The first-order valence-electron chi connectivity index (χ1n) is 9.49. The van der Waals surface area contributed by atoms with Gasteiger partial charge in [0.05, 0.1) is 0 Å². The molecule has 0 aliphatic rings. The Labute approximate surface area is 176 Å². The third-order valence-electron chi connectivity index (χ3n) is 4.19. The van der Waals surface area contributed by atoms with Crippen molar-refractivity contribution in [2.75, 3.05) is 0 Å². The second-order valence-corrected chi connectivity index (χ2v) is 8.37. The molecule has 0 N–H and O–H groups in total. The molecule has 0 radical (unpaired) electrons. The molecule has 2 aromatic rings. The van der Waals surface area contributed by atoms with E-state index < -0.39 is 52.4 Å². The van der Waals surface area contributed by atoms with Crippen molar-refractivity contribution < 1.29 is 31.8 Å². The molecule has 2 rings (SSSR count). The smallest absolute Gasteiger partial charge is 0.425 e. The summed E-state index contributed by atoms with van der Waals surface area (Å²) in [5.74, 6) is -2.54. The molecule has 0 aliphatic carbocycles. The zero-order valence-electron chi connectivity index (χ0n) is 18.3. The third kappa shape index (κ3) is 5.45. The highest BCUT2D eigenvalue weighted by molar-refractivity contribution is 5.93. The van der Waals surface area contributed by atoms with Gasteiger partial charge < -0.3 is 9.47 Å². The molecule has 1 aromatic heterocycles. The molecule has 1 aromatic carbocycles. The van der Waals surface area contributed by atoms with E-state index in [0.29, 0.717) is 16.6 Å². The number of carbonyl (C=O) groups is 1. The molecule has 11 heteroatoms. The van der Waals surface area contributed by atoms with Gasteiger partial charge in [0, 0.05) is 19.0 Å². The van der Waals surface area contributed by atoms with E-state index in [-0.39, 0.29) is 5.92 Å². The summed E-state index contributed by atoms with van der Waals surface area (Å²) in [6, 6.07) is 1.52. The lowest BCUT2D eigenvalue weighted by Gasteiger charge is -2.23. The number of aromatic nitrogens is 3. The van der Waals surface area contributed by atoms with Crippen LogP contribution < -0.4 is 10.4 Å². The van der Waals surface area contributed by atoms with Crippen LogP contribution in [0.2, 0.25) is 0 Å². The summed E-state index contributed by atoms with van der Waals surface area (Å²) in [5.41, 5.74) is -2.68. The number of halogens is 4. The number of carbonyl (C=O) groups excluding carboxylic acids is 1. The van der Waals surface area contributed by atoms with Gasteiger partial charge in [-0.05, 0) is 33.8 Å². The van der Waals surface area contributed by atoms with E-state index in [0.717, 1.165) is 13.0 Å². The molecule has 1 atom stereocenters. The highest BCUT2D eigenvalue weighted by Gasteiger charge is 2.39. The molecule has 0 bridgehead atoms. The van der Waals surface area contributed by atoms with Gasteiger partial charge >= 0.3 is 17.8 Å². The number of hydrogen-bond donors (Lipinski definition) is 0. The molecule has 0 saturated carbocycles. The van der Waals surface area contributed by atoms with Crippen LogP contribution in [-0.4, -0.2) is 38.2 Å². The number of ether oxygens (including phenoxy) is 2. The van der Waals surface area contributed by atoms with Crippen LogP contribution in [0.15, 0.2) is 16.9 Å². The van der Waals surface area contributed by atoms with Crippen LogP contribution in [0.5, 0.6) is 5.75 Å². The van der Waals surface area contributed by atoms with Gasteiger partial charge in [0.1, 0.15) is 34.2 Å². The van der Waals surface area contributed by atoms with Crippen LogP contribution in [0.25, 0.3) is 5.69 Å². The van der Waals surface area contributed by atoms with Crippen molar-refractivity contribution in [2.24, 2.45) is 7.05 Å². The van der Waals surface area contributed by atoms with Crippen LogP contribution in [0.1, 0.15) is 63.6 Å². The largest absolute Gasteiger partial charge is 0.480 e. The average Bonchev–Trinajstić information content (AvgIpc) is 2.89. The molecule has 0 aliphatic heterocycles. The van der Waals surface area contributed by atoms with Crippen molar-refractivity contribution in [1.82, 2.24) is 14.3 Å². The molecule has 0 amide bonds. The number of hydrogen-bond acceptors (Lipinski definition) is 5. The first-order chi connectivity index (χ1) is 14.0. The highest BCUT2D eigenvalue weighted by atomic mass is 19.4. The van der Waals surface area contributed by atoms with Crippen LogP contribution in [0.4, 0.5) is 17.6 Å². The fourth-order valence-electron chi connectivity index (χ4n) is 2.66. The maximum atomic E-state index is 14.9. The topological polar surface area (TPSA) is 75.4 Å². The van der Waals surface area contributed by atoms with Gasteiger partial charge in [-0.1, -0.05) is 13.8 Å². The molecule has 0 fully saturated rings. The summed E-state index contributed by atoms with van der Waals surface area (Å²) in [6.07, 6.45) is -7.05. The van der Waals surface area contributed by atoms with Crippen molar-refractivity contribution in [3.05, 3.63) is 39.8 Å². The minimum absolute atomic E-state index is 0.177. The Hall–Kier alpha value is -2.85. The first-order valence-corrected chi connectivity index (χ1v) is 9.49. The van der Waals surface area contributed by atoms with Gasteiger partial charge in [0.2, 0.25) is 0 Å². The summed E-state index contributed by atoms with van der Waals surface area (Å²) in [7, 11) is 1.44. The molecule has 172 valence electrons. The van der Waals surface area contributed by atoms with Crippen molar-refractivity contribution in [3.63, 3.8) is 0 Å². The van der Waals surface area contributed by atoms with Crippen LogP contribution >= 0.6 is 0 Å². The summed E-state index contributed by atoms with van der Waals surface area (Å²) >= 11 is 0. The molecule has 31 heavy (non-hydrogen) atoms. The Kier molecular flexibility index (Phi) is 6.58.